The summed E-state index contributed by atoms with van der Waals surface area (Å²) in [5.41, 5.74) is 5.70. The fraction of sp³-hybridized carbons (Fsp3) is 0.172. The maximum atomic E-state index is 10.6. The molecule has 0 radical (unpaired) electrons. The molecule has 0 amide bonds. The van der Waals surface area contributed by atoms with Gasteiger partial charge in [0.1, 0.15) is 11.5 Å². The van der Waals surface area contributed by atoms with E-state index in [-0.39, 0.29) is 16.9 Å². The molecule has 2 N–H and O–H groups in total. The highest BCUT2D eigenvalue weighted by Gasteiger charge is 2.29. The molecule has 0 unspecified atom stereocenters. The molecule has 0 fully saturated rings. The number of hydrogen-bond donors (Lipinski definition) is 2. The second kappa shape index (κ2) is 8.69. The Hall–Kier alpha value is -3.52. The van der Waals surface area contributed by atoms with Crippen molar-refractivity contribution in [2.75, 3.05) is 0 Å². The lowest BCUT2D eigenvalue weighted by molar-refractivity contribution is 0.472. The fourth-order valence-corrected chi connectivity index (χ4v) is 4.41. The average molecular weight is 409 g/mol. The largest absolute Gasteiger partial charge is 0.507 e. The monoisotopic (exact) mass is 408 g/mol. The summed E-state index contributed by atoms with van der Waals surface area (Å²) in [5.74, 6) is 0.564. The highest BCUT2D eigenvalue weighted by Crippen LogP contribution is 2.43. The van der Waals surface area contributed by atoms with Gasteiger partial charge >= 0.3 is 0 Å². The van der Waals surface area contributed by atoms with Crippen LogP contribution < -0.4 is 0 Å². The Labute approximate surface area is 184 Å². The molecule has 0 saturated heterocycles. The van der Waals surface area contributed by atoms with Gasteiger partial charge in [0.2, 0.25) is 0 Å². The average Bonchev–Trinajstić information content (AvgIpc) is 2.81. The Balaban J connectivity index is 1.86. The first kappa shape index (κ1) is 20.7. The summed E-state index contributed by atoms with van der Waals surface area (Å²) in [5, 5.41) is 21.1. The normalized spacial score (nSPS) is 11.4. The second-order valence-electron chi connectivity index (χ2n) is 8.28. The minimum Gasteiger partial charge on any atom is -0.507 e. The first-order valence-corrected chi connectivity index (χ1v) is 10.8. The van der Waals surface area contributed by atoms with Gasteiger partial charge in [0.15, 0.2) is 0 Å². The van der Waals surface area contributed by atoms with Crippen molar-refractivity contribution in [3.05, 3.63) is 108 Å². The van der Waals surface area contributed by atoms with Gasteiger partial charge in [-0.15, -0.1) is 0 Å². The highest BCUT2D eigenvalue weighted by atomic mass is 16.3. The molecule has 4 aromatic carbocycles. The summed E-state index contributed by atoms with van der Waals surface area (Å²) >= 11 is 0. The van der Waals surface area contributed by atoms with Crippen molar-refractivity contribution in [2.45, 2.75) is 32.1 Å². The standard InChI is InChI=1S/C29H28O2/c1-3-18-29(2,23-14-16-27(30)25(19-23)21-10-6-4-7-11-21)24-15-17-28(31)26(20-24)22-12-8-5-9-13-22/h4-17,19-20,30-31H,3,18H2,1-2H3. The van der Waals surface area contributed by atoms with Crippen molar-refractivity contribution in [1.29, 1.82) is 0 Å². The molecule has 2 nitrogen and oxygen atoms in total. The van der Waals surface area contributed by atoms with E-state index < -0.39 is 0 Å². The van der Waals surface area contributed by atoms with Gasteiger partial charge in [0.25, 0.3) is 0 Å². The summed E-state index contributed by atoms with van der Waals surface area (Å²) in [6.07, 6.45) is 1.96. The van der Waals surface area contributed by atoms with Gasteiger partial charge in [-0.2, -0.15) is 0 Å². The highest BCUT2D eigenvalue weighted by molar-refractivity contribution is 5.73. The molecule has 156 valence electrons. The molecular weight excluding hydrogens is 380 g/mol. The van der Waals surface area contributed by atoms with Crippen LogP contribution in [-0.4, -0.2) is 10.2 Å². The minimum atomic E-state index is -0.261. The molecule has 0 aliphatic heterocycles. The van der Waals surface area contributed by atoms with E-state index in [1.807, 2.05) is 72.8 Å². The van der Waals surface area contributed by atoms with Crippen LogP contribution in [0.5, 0.6) is 11.5 Å². The zero-order chi connectivity index (χ0) is 21.8. The van der Waals surface area contributed by atoms with Gasteiger partial charge in [0, 0.05) is 16.5 Å². The molecule has 31 heavy (non-hydrogen) atoms. The molecule has 0 atom stereocenters. The Morgan fingerprint density at radius 3 is 1.42 bits per heavy atom. The van der Waals surface area contributed by atoms with E-state index in [2.05, 4.69) is 26.0 Å². The first-order valence-electron chi connectivity index (χ1n) is 10.8. The van der Waals surface area contributed by atoms with Crippen LogP contribution in [0, 0.1) is 0 Å². The summed E-state index contributed by atoms with van der Waals surface area (Å²) in [4.78, 5) is 0. The zero-order valence-electron chi connectivity index (χ0n) is 18.0. The van der Waals surface area contributed by atoms with Crippen molar-refractivity contribution < 1.29 is 10.2 Å². The Bertz CT molecular complexity index is 1070. The summed E-state index contributed by atoms with van der Waals surface area (Å²) in [7, 11) is 0. The number of rotatable bonds is 6. The van der Waals surface area contributed by atoms with Crippen molar-refractivity contribution in [1.82, 2.24) is 0 Å². The fourth-order valence-electron chi connectivity index (χ4n) is 4.41. The number of phenols is 2. The van der Waals surface area contributed by atoms with E-state index in [4.69, 9.17) is 0 Å². The SMILES string of the molecule is CCCC(C)(c1ccc(O)c(-c2ccccc2)c1)c1ccc(O)c(-c2ccccc2)c1. The summed E-state index contributed by atoms with van der Waals surface area (Å²) in [6, 6.07) is 31.8. The summed E-state index contributed by atoms with van der Waals surface area (Å²) < 4.78 is 0. The van der Waals surface area contributed by atoms with E-state index in [9.17, 15) is 10.2 Å². The maximum absolute atomic E-state index is 10.6. The van der Waals surface area contributed by atoms with Crippen LogP contribution in [-0.2, 0) is 5.41 Å². The van der Waals surface area contributed by atoms with Crippen LogP contribution in [0.4, 0.5) is 0 Å². The third-order valence-corrected chi connectivity index (χ3v) is 6.19. The van der Waals surface area contributed by atoms with Crippen LogP contribution in [0.2, 0.25) is 0 Å². The van der Waals surface area contributed by atoms with Gasteiger partial charge in [-0.05, 0) is 52.9 Å². The molecule has 0 heterocycles. The van der Waals surface area contributed by atoms with E-state index >= 15 is 0 Å². The van der Waals surface area contributed by atoms with Crippen LogP contribution in [0.15, 0.2) is 97.1 Å². The third kappa shape index (κ3) is 4.06. The number of benzene rings is 4. The predicted molar refractivity (Wildman–Crippen MR) is 128 cm³/mol. The maximum Gasteiger partial charge on any atom is 0.123 e. The molecule has 0 saturated carbocycles. The number of aromatic hydroxyl groups is 2. The van der Waals surface area contributed by atoms with E-state index in [0.717, 1.165) is 46.2 Å². The van der Waals surface area contributed by atoms with Gasteiger partial charge in [-0.25, -0.2) is 0 Å². The lowest BCUT2D eigenvalue weighted by atomic mass is 9.72. The number of phenolic OH excluding ortho intramolecular Hbond substituents is 2. The number of hydrogen-bond acceptors (Lipinski definition) is 2. The lowest BCUT2D eigenvalue weighted by Gasteiger charge is -2.32. The molecule has 0 bridgehead atoms. The molecular formula is C29H28O2. The van der Waals surface area contributed by atoms with Crippen LogP contribution in [0.3, 0.4) is 0 Å². The van der Waals surface area contributed by atoms with Gasteiger partial charge < -0.3 is 10.2 Å². The van der Waals surface area contributed by atoms with Gasteiger partial charge in [-0.3, -0.25) is 0 Å². The Morgan fingerprint density at radius 1 is 0.613 bits per heavy atom. The molecule has 4 rings (SSSR count). The Kier molecular flexibility index (Phi) is 5.81. The van der Waals surface area contributed by atoms with Crippen LogP contribution in [0.1, 0.15) is 37.8 Å². The molecule has 0 aliphatic carbocycles. The first-order chi connectivity index (χ1) is 15.0. The molecule has 4 aromatic rings. The van der Waals surface area contributed by atoms with E-state index in [1.165, 1.54) is 0 Å². The van der Waals surface area contributed by atoms with Crippen LogP contribution in [0.25, 0.3) is 22.3 Å². The Morgan fingerprint density at radius 2 is 1.03 bits per heavy atom. The predicted octanol–water partition coefficient (Wildman–Crippen LogP) is 7.54. The zero-order valence-corrected chi connectivity index (χ0v) is 18.0. The van der Waals surface area contributed by atoms with E-state index in [0.29, 0.717) is 0 Å². The summed E-state index contributed by atoms with van der Waals surface area (Å²) in [6.45, 7) is 4.44. The van der Waals surface area contributed by atoms with E-state index in [1.54, 1.807) is 12.1 Å². The minimum absolute atomic E-state index is 0.261. The van der Waals surface area contributed by atoms with Crippen molar-refractivity contribution in [3.8, 4) is 33.8 Å². The molecule has 2 heteroatoms. The van der Waals surface area contributed by atoms with Crippen molar-refractivity contribution in [2.24, 2.45) is 0 Å². The van der Waals surface area contributed by atoms with Crippen LogP contribution >= 0.6 is 0 Å². The molecule has 0 aromatic heterocycles. The third-order valence-electron chi connectivity index (χ3n) is 6.19. The van der Waals surface area contributed by atoms with Crippen molar-refractivity contribution in [3.63, 3.8) is 0 Å². The van der Waals surface area contributed by atoms with Gasteiger partial charge in [-0.1, -0.05) is 93.1 Å². The molecule has 0 aliphatic rings. The lowest BCUT2D eigenvalue weighted by Crippen LogP contribution is -2.23. The van der Waals surface area contributed by atoms with Gasteiger partial charge in [0.05, 0.1) is 0 Å². The topological polar surface area (TPSA) is 40.5 Å². The second-order valence-corrected chi connectivity index (χ2v) is 8.28. The quantitative estimate of drug-likeness (QED) is 0.346. The van der Waals surface area contributed by atoms with Crippen molar-refractivity contribution >= 4 is 0 Å². The molecule has 0 spiro atoms. The smallest absolute Gasteiger partial charge is 0.123 e.